The third-order valence-electron chi connectivity index (χ3n) is 3.98. The Bertz CT molecular complexity index is 779. The molecule has 2 aliphatic heterocycles. The first kappa shape index (κ1) is 15.8. The molecule has 2 aliphatic rings. The van der Waals surface area contributed by atoms with E-state index in [9.17, 15) is 9.59 Å². The van der Waals surface area contributed by atoms with E-state index in [4.69, 9.17) is 19.7 Å². The first-order chi connectivity index (χ1) is 10.8. The van der Waals surface area contributed by atoms with Crippen LogP contribution in [0.4, 0.5) is 0 Å². The van der Waals surface area contributed by atoms with Gasteiger partial charge in [0.25, 0.3) is 5.56 Å². The van der Waals surface area contributed by atoms with Gasteiger partial charge in [0, 0.05) is 17.2 Å². The van der Waals surface area contributed by atoms with Crippen molar-refractivity contribution >= 4 is 0 Å². The number of hydrogen-bond acceptors (Lipinski definition) is 6. The highest BCUT2D eigenvalue weighted by molar-refractivity contribution is 5.05. The number of rotatable bonds is 3. The summed E-state index contributed by atoms with van der Waals surface area (Å²) in [6.45, 7) is 5.28. The van der Waals surface area contributed by atoms with Gasteiger partial charge in [-0.3, -0.25) is 14.3 Å². The zero-order chi connectivity index (χ0) is 16.8. The van der Waals surface area contributed by atoms with Crippen molar-refractivity contribution in [3.05, 3.63) is 43.5 Å². The Kier molecular flexibility index (Phi) is 3.56. The Morgan fingerprint density at radius 3 is 2.74 bits per heavy atom. The fraction of sp³-hybridized carbons (Fsp3) is 0.692. The average Bonchev–Trinajstić information content (AvgIpc) is 2.91. The molecule has 0 aromatic carbocycles. The van der Waals surface area contributed by atoms with Gasteiger partial charge in [-0.25, -0.2) is 4.79 Å². The molecule has 4 atom stereocenters. The van der Waals surface area contributed by atoms with E-state index in [0.29, 0.717) is 0 Å². The Hall–Kier alpha value is -2.13. The molecule has 2 unspecified atom stereocenters. The Balaban J connectivity index is 2.03. The van der Waals surface area contributed by atoms with Crippen molar-refractivity contribution in [2.45, 2.75) is 50.6 Å². The molecule has 0 saturated carbocycles. The summed E-state index contributed by atoms with van der Waals surface area (Å²) in [5.41, 5.74) is 6.52. The molecule has 0 bridgehead atoms. The van der Waals surface area contributed by atoms with E-state index in [-0.39, 0.29) is 6.54 Å². The van der Waals surface area contributed by atoms with Crippen molar-refractivity contribution in [1.82, 2.24) is 9.55 Å². The molecule has 2 saturated heterocycles. The number of fused-ring (bicyclic) bond motifs is 1. The van der Waals surface area contributed by atoms with E-state index >= 15 is 0 Å². The van der Waals surface area contributed by atoms with Crippen LogP contribution in [0.5, 0.6) is 0 Å². The maximum atomic E-state index is 12.1. The van der Waals surface area contributed by atoms with Gasteiger partial charge in [0.05, 0.1) is 6.54 Å². The zero-order valence-electron chi connectivity index (χ0n) is 12.9. The molecular weight excluding hydrogens is 306 g/mol. The molecule has 10 heteroatoms. The summed E-state index contributed by atoms with van der Waals surface area (Å²) in [7, 11) is 0. The first-order valence-electron chi connectivity index (χ1n) is 7.11. The van der Waals surface area contributed by atoms with Crippen molar-refractivity contribution in [2.75, 3.05) is 6.54 Å². The van der Waals surface area contributed by atoms with Crippen molar-refractivity contribution in [2.24, 2.45) is 5.11 Å². The molecule has 2 fully saturated rings. The normalized spacial score (nSPS) is 34.8. The summed E-state index contributed by atoms with van der Waals surface area (Å²) >= 11 is 0. The molecule has 0 spiro atoms. The third kappa shape index (κ3) is 2.66. The van der Waals surface area contributed by atoms with Crippen LogP contribution >= 0.6 is 0 Å². The van der Waals surface area contributed by atoms with E-state index in [0.717, 1.165) is 0 Å². The largest absolute Gasteiger partial charge is 0.346 e. The van der Waals surface area contributed by atoms with E-state index in [2.05, 4.69) is 15.0 Å². The molecule has 3 heterocycles. The van der Waals surface area contributed by atoms with Crippen LogP contribution in [0.25, 0.3) is 10.4 Å². The number of ether oxygens (including phenoxy) is 3. The van der Waals surface area contributed by atoms with Gasteiger partial charge in [-0.15, -0.1) is 0 Å². The molecule has 124 valence electrons. The molecule has 0 amide bonds. The van der Waals surface area contributed by atoms with Crippen LogP contribution in [0, 0.1) is 0 Å². The van der Waals surface area contributed by atoms with Crippen molar-refractivity contribution in [3.8, 4) is 0 Å². The van der Waals surface area contributed by atoms with E-state index in [1.807, 2.05) is 0 Å². The van der Waals surface area contributed by atoms with Crippen molar-refractivity contribution in [3.63, 3.8) is 0 Å². The maximum Gasteiger partial charge on any atom is 0.330 e. The number of nitrogens with one attached hydrogen (secondary N) is 1. The highest BCUT2D eigenvalue weighted by Gasteiger charge is 2.61. The van der Waals surface area contributed by atoms with Gasteiger partial charge in [0.1, 0.15) is 17.8 Å². The highest BCUT2D eigenvalue weighted by Crippen LogP contribution is 2.47. The summed E-state index contributed by atoms with van der Waals surface area (Å²) in [5, 5.41) is 3.57. The lowest BCUT2D eigenvalue weighted by Gasteiger charge is -2.30. The van der Waals surface area contributed by atoms with E-state index in [1.165, 1.54) is 16.8 Å². The van der Waals surface area contributed by atoms with Crippen LogP contribution in [0.2, 0.25) is 0 Å². The summed E-state index contributed by atoms with van der Waals surface area (Å²) in [6, 6.07) is 1.23. The minimum absolute atomic E-state index is 0.0265. The van der Waals surface area contributed by atoms with Gasteiger partial charge in [-0.1, -0.05) is 5.11 Å². The van der Waals surface area contributed by atoms with Gasteiger partial charge >= 0.3 is 5.69 Å². The Labute approximate surface area is 130 Å². The minimum atomic E-state index is -0.953. The number of azide groups is 1. The van der Waals surface area contributed by atoms with Gasteiger partial charge in [-0.2, -0.15) is 0 Å². The van der Waals surface area contributed by atoms with E-state index < -0.39 is 41.1 Å². The molecular formula is C13H17N5O5. The van der Waals surface area contributed by atoms with Crippen LogP contribution in [-0.4, -0.2) is 39.7 Å². The first-order valence-corrected chi connectivity index (χ1v) is 7.11. The van der Waals surface area contributed by atoms with Crippen LogP contribution in [0.15, 0.2) is 27.0 Å². The average molecular weight is 323 g/mol. The summed E-state index contributed by atoms with van der Waals surface area (Å²) < 4.78 is 18.9. The number of H-pyrrole nitrogens is 1. The molecule has 3 rings (SSSR count). The molecule has 1 aromatic heterocycles. The Morgan fingerprint density at radius 1 is 1.35 bits per heavy atom. The fourth-order valence-corrected chi connectivity index (χ4v) is 3.02. The van der Waals surface area contributed by atoms with Gasteiger partial charge < -0.3 is 14.2 Å². The molecule has 1 aromatic rings. The number of nitrogens with zero attached hydrogens (tertiary/aromatic N) is 4. The third-order valence-corrected chi connectivity index (χ3v) is 3.98. The fourth-order valence-electron chi connectivity index (χ4n) is 3.02. The van der Waals surface area contributed by atoms with Crippen LogP contribution in [0.1, 0.15) is 27.0 Å². The van der Waals surface area contributed by atoms with Gasteiger partial charge in [-0.05, 0) is 26.3 Å². The molecule has 1 N–H and O–H groups in total. The smallest absolute Gasteiger partial charge is 0.330 e. The molecule has 10 nitrogen and oxygen atoms in total. The monoisotopic (exact) mass is 323 g/mol. The predicted molar refractivity (Wildman–Crippen MR) is 77.7 cm³/mol. The second-order valence-corrected chi connectivity index (χ2v) is 6.25. The quantitative estimate of drug-likeness (QED) is 0.495. The lowest BCUT2D eigenvalue weighted by Crippen LogP contribution is -2.43. The zero-order valence-corrected chi connectivity index (χ0v) is 12.9. The van der Waals surface area contributed by atoms with Crippen molar-refractivity contribution in [1.29, 1.82) is 0 Å². The predicted octanol–water partition coefficient (Wildman–Crippen LogP) is 0.655. The van der Waals surface area contributed by atoms with Gasteiger partial charge in [0.2, 0.25) is 0 Å². The molecule has 23 heavy (non-hydrogen) atoms. The second-order valence-electron chi connectivity index (χ2n) is 6.25. The van der Waals surface area contributed by atoms with Crippen LogP contribution in [-0.2, 0) is 14.2 Å². The lowest BCUT2D eigenvalue weighted by atomic mass is 9.98. The maximum absolute atomic E-state index is 12.1. The minimum Gasteiger partial charge on any atom is -0.346 e. The van der Waals surface area contributed by atoms with Crippen LogP contribution < -0.4 is 11.2 Å². The lowest BCUT2D eigenvalue weighted by molar-refractivity contribution is -0.215. The van der Waals surface area contributed by atoms with E-state index in [1.54, 1.807) is 20.8 Å². The van der Waals surface area contributed by atoms with Crippen LogP contribution in [0.3, 0.4) is 0 Å². The number of aromatic amines is 1. The molecule has 0 aliphatic carbocycles. The summed E-state index contributed by atoms with van der Waals surface area (Å²) in [6.07, 6.45) is -0.555. The highest BCUT2D eigenvalue weighted by atomic mass is 16.8. The van der Waals surface area contributed by atoms with Crippen molar-refractivity contribution < 1.29 is 14.2 Å². The Morgan fingerprint density at radius 2 is 2.09 bits per heavy atom. The standard InChI is InChI=1S/C13H17N5O5/c1-12(2)21-8-9(22-12)13(3,6-15-17-14)23-10(8)18-5-4-7(19)16-11(18)20/h4-5,8-10H,6H2,1-3H3,(H,16,19,20)/t8-,9?,10+,13?/m0/s1. The summed E-state index contributed by atoms with van der Waals surface area (Å²) in [4.78, 5) is 28.2. The topological polar surface area (TPSA) is 131 Å². The second kappa shape index (κ2) is 5.20. The number of aromatic nitrogens is 2. The number of hydrogen-bond donors (Lipinski definition) is 1. The van der Waals surface area contributed by atoms with Gasteiger partial charge in [0.15, 0.2) is 12.0 Å². The SMILES string of the molecule is CC1(C)OC2[C@H](O1)[C@H](n1ccc(=O)[nH]c1=O)OC2(C)CN=[N+]=[N-]. The summed E-state index contributed by atoms with van der Waals surface area (Å²) in [5.74, 6) is -0.860. The molecule has 0 radical (unpaired) electrons.